The largest absolute Gasteiger partial charge is 0.325 e. The minimum atomic E-state index is 0.0428. The van der Waals surface area contributed by atoms with Gasteiger partial charge in [0.1, 0.15) is 5.78 Å². The monoisotopic (exact) mass is 331 g/mol. The summed E-state index contributed by atoms with van der Waals surface area (Å²) in [6, 6.07) is 0. The Morgan fingerprint density at radius 1 is 0.917 bits per heavy atom. The van der Waals surface area contributed by atoms with Crippen molar-refractivity contribution in [3.8, 4) is 0 Å². The normalized spacial score (nSPS) is 53.8. The van der Waals surface area contributed by atoms with Crippen molar-refractivity contribution in [2.24, 2.45) is 40.2 Å². The number of Topliss-reactive ketones (excluding diaryl/α,β-unsaturated/α-hetero) is 1. The lowest BCUT2D eigenvalue weighted by Gasteiger charge is -2.65. The Balaban J connectivity index is 1.65. The first-order valence-corrected chi connectivity index (χ1v) is 10.6. The molecular weight excluding hydrogens is 294 g/mol. The minimum Gasteiger partial charge on any atom is -0.325 e. The average Bonchev–Trinajstić information content (AvgIpc) is 2.84. The maximum atomic E-state index is 11.8. The number of fused-ring (bicyclic) bond motifs is 5. The Morgan fingerprint density at radius 3 is 2.42 bits per heavy atom. The molecule has 0 aromatic carbocycles. The number of carbonyl (C=O) groups excluding carboxylic acids is 1. The van der Waals surface area contributed by atoms with Crippen LogP contribution in [0.2, 0.25) is 0 Å². The van der Waals surface area contributed by atoms with Crippen molar-refractivity contribution in [3.63, 3.8) is 0 Å². The lowest BCUT2D eigenvalue weighted by Crippen LogP contribution is -2.67. The van der Waals surface area contributed by atoms with Crippen molar-refractivity contribution < 1.29 is 4.79 Å². The summed E-state index contributed by atoms with van der Waals surface area (Å²) in [5.74, 6) is 3.24. The van der Waals surface area contributed by atoms with Crippen molar-refractivity contribution in [3.05, 3.63) is 0 Å². The highest BCUT2D eigenvalue weighted by molar-refractivity contribution is 5.75. The second-order valence-corrected chi connectivity index (χ2v) is 10.4. The predicted molar refractivity (Wildman–Crippen MR) is 98.6 cm³/mol. The van der Waals surface area contributed by atoms with E-state index in [0.29, 0.717) is 28.4 Å². The molecule has 0 heterocycles. The predicted octanol–water partition coefficient (Wildman–Crippen LogP) is 5.10. The molecule has 0 amide bonds. The molecule has 4 saturated carbocycles. The zero-order valence-corrected chi connectivity index (χ0v) is 16.1. The Morgan fingerprint density at radius 2 is 1.67 bits per heavy atom. The van der Waals surface area contributed by atoms with Gasteiger partial charge < -0.3 is 10.5 Å². The van der Waals surface area contributed by atoms with E-state index in [9.17, 15) is 4.79 Å². The minimum absolute atomic E-state index is 0.0428. The van der Waals surface area contributed by atoms with Crippen molar-refractivity contribution >= 4 is 5.78 Å². The molecule has 4 rings (SSSR count). The fourth-order valence-electron chi connectivity index (χ4n) is 8.30. The standard InChI is InChI=1S/C22H37NO/c1-15(24)14-17-7-8-18-21(17,3)12-10-19-20(2)11-5-4-6-16(20)9-13-22(18,19)23/h16-19H,4-14,23H2,1-3H3/t16?,17?,18?,19?,20-,21?,22?/m0/s1. The van der Waals surface area contributed by atoms with Crippen LogP contribution in [-0.2, 0) is 4.79 Å². The molecule has 0 aromatic heterocycles. The number of carbonyl (C=O) groups is 1. The van der Waals surface area contributed by atoms with E-state index in [1.54, 1.807) is 6.92 Å². The van der Waals surface area contributed by atoms with Gasteiger partial charge in [0, 0.05) is 12.0 Å². The first-order valence-electron chi connectivity index (χ1n) is 10.6. The zero-order chi connectivity index (χ0) is 17.2. The molecule has 2 N–H and O–H groups in total. The summed E-state index contributed by atoms with van der Waals surface area (Å²) >= 11 is 0. The van der Waals surface area contributed by atoms with Crippen LogP contribution in [0.5, 0.6) is 0 Å². The summed E-state index contributed by atoms with van der Waals surface area (Å²) in [7, 11) is 0. The second-order valence-electron chi connectivity index (χ2n) is 10.4. The van der Waals surface area contributed by atoms with E-state index in [4.69, 9.17) is 5.73 Å². The highest BCUT2D eigenvalue weighted by atomic mass is 16.1. The first kappa shape index (κ1) is 17.1. The maximum absolute atomic E-state index is 11.8. The Labute approximate surface area is 148 Å². The van der Waals surface area contributed by atoms with Gasteiger partial charge in [-0.15, -0.1) is 0 Å². The highest BCUT2D eigenvalue weighted by Crippen LogP contribution is 2.68. The Bertz CT molecular complexity index is 530. The number of rotatable bonds is 2. The van der Waals surface area contributed by atoms with Crippen LogP contribution in [0.25, 0.3) is 0 Å². The molecule has 0 aliphatic heterocycles. The number of nitrogens with two attached hydrogens (primary N) is 1. The zero-order valence-electron chi connectivity index (χ0n) is 16.1. The van der Waals surface area contributed by atoms with Gasteiger partial charge in [-0.25, -0.2) is 0 Å². The number of hydrogen-bond donors (Lipinski definition) is 1. The Hall–Kier alpha value is -0.370. The van der Waals surface area contributed by atoms with Crippen LogP contribution in [-0.4, -0.2) is 11.3 Å². The quantitative estimate of drug-likeness (QED) is 0.765. The van der Waals surface area contributed by atoms with E-state index < -0.39 is 0 Å². The third-order valence-electron chi connectivity index (χ3n) is 9.51. The molecule has 136 valence electrons. The lowest BCUT2D eigenvalue weighted by molar-refractivity contribution is -0.131. The molecule has 4 aliphatic rings. The van der Waals surface area contributed by atoms with Crippen LogP contribution in [0.3, 0.4) is 0 Å². The van der Waals surface area contributed by atoms with Crippen LogP contribution in [0.15, 0.2) is 0 Å². The van der Waals surface area contributed by atoms with Gasteiger partial charge in [-0.1, -0.05) is 26.7 Å². The molecule has 0 saturated heterocycles. The van der Waals surface area contributed by atoms with E-state index in [2.05, 4.69) is 13.8 Å². The molecule has 6 unspecified atom stereocenters. The van der Waals surface area contributed by atoms with Gasteiger partial charge >= 0.3 is 0 Å². The summed E-state index contributed by atoms with van der Waals surface area (Å²) in [5, 5.41) is 0. The fraction of sp³-hybridized carbons (Fsp3) is 0.955. The summed E-state index contributed by atoms with van der Waals surface area (Å²) in [5.41, 5.74) is 8.18. The molecule has 4 aliphatic carbocycles. The molecule has 0 bridgehead atoms. The van der Waals surface area contributed by atoms with Gasteiger partial charge in [-0.3, -0.25) is 0 Å². The van der Waals surface area contributed by atoms with Crippen LogP contribution in [0.4, 0.5) is 0 Å². The van der Waals surface area contributed by atoms with Crippen molar-refractivity contribution in [2.45, 2.75) is 96.9 Å². The maximum Gasteiger partial charge on any atom is 0.130 e. The summed E-state index contributed by atoms with van der Waals surface area (Å²) in [4.78, 5) is 11.8. The van der Waals surface area contributed by atoms with Crippen molar-refractivity contribution in [1.29, 1.82) is 0 Å². The average molecular weight is 332 g/mol. The topological polar surface area (TPSA) is 43.1 Å². The van der Waals surface area contributed by atoms with Gasteiger partial charge in [0.05, 0.1) is 0 Å². The van der Waals surface area contributed by atoms with Crippen LogP contribution >= 0.6 is 0 Å². The van der Waals surface area contributed by atoms with Crippen molar-refractivity contribution in [1.82, 2.24) is 0 Å². The van der Waals surface area contributed by atoms with Crippen LogP contribution < -0.4 is 5.73 Å². The van der Waals surface area contributed by atoms with Gasteiger partial charge in [-0.05, 0) is 92.8 Å². The molecule has 2 nitrogen and oxygen atoms in total. The molecule has 7 atom stereocenters. The molecular formula is C22H37NO. The van der Waals surface area contributed by atoms with Crippen LogP contribution in [0.1, 0.15) is 91.4 Å². The number of hydrogen-bond acceptors (Lipinski definition) is 2. The molecule has 0 aromatic rings. The lowest BCUT2D eigenvalue weighted by atomic mass is 9.42. The van der Waals surface area contributed by atoms with Crippen LogP contribution in [0, 0.1) is 34.5 Å². The third kappa shape index (κ3) is 2.20. The third-order valence-corrected chi connectivity index (χ3v) is 9.51. The van der Waals surface area contributed by atoms with Crippen molar-refractivity contribution in [2.75, 3.05) is 0 Å². The van der Waals surface area contributed by atoms with E-state index in [1.165, 1.54) is 64.2 Å². The SMILES string of the molecule is CC(=O)CC1CCC2C1(C)CCC1C2(N)CCC2CCCC[C@@]21C. The van der Waals surface area contributed by atoms with E-state index in [0.717, 1.165) is 18.3 Å². The summed E-state index contributed by atoms with van der Waals surface area (Å²) in [6.07, 6.45) is 14.2. The van der Waals surface area contributed by atoms with E-state index >= 15 is 0 Å². The van der Waals surface area contributed by atoms with Gasteiger partial charge in [0.15, 0.2) is 0 Å². The van der Waals surface area contributed by atoms with Gasteiger partial charge in [0.25, 0.3) is 0 Å². The van der Waals surface area contributed by atoms with E-state index in [1.807, 2.05) is 0 Å². The first-order chi connectivity index (χ1) is 11.3. The molecule has 0 spiro atoms. The molecule has 2 heteroatoms. The number of ketones is 1. The summed E-state index contributed by atoms with van der Waals surface area (Å²) < 4.78 is 0. The second kappa shape index (κ2) is 5.56. The van der Waals surface area contributed by atoms with E-state index in [-0.39, 0.29) is 5.54 Å². The highest BCUT2D eigenvalue weighted by Gasteiger charge is 2.65. The van der Waals surface area contributed by atoms with Gasteiger partial charge in [0.2, 0.25) is 0 Å². The van der Waals surface area contributed by atoms with Gasteiger partial charge in [-0.2, -0.15) is 0 Å². The molecule has 0 radical (unpaired) electrons. The summed E-state index contributed by atoms with van der Waals surface area (Å²) in [6.45, 7) is 6.85. The molecule has 24 heavy (non-hydrogen) atoms. The Kier molecular flexibility index (Phi) is 3.95. The molecule has 4 fully saturated rings. The fourth-order valence-corrected chi connectivity index (χ4v) is 8.30. The smallest absolute Gasteiger partial charge is 0.130 e.